The van der Waals surface area contributed by atoms with Crippen molar-refractivity contribution in [1.82, 2.24) is 0 Å². The van der Waals surface area contributed by atoms with E-state index in [2.05, 4.69) is 0 Å². The monoisotopic (exact) mass is 170 g/mol. The van der Waals surface area contributed by atoms with Crippen molar-refractivity contribution in [3.63, 3.8) is 0 Å². The van der Waals surface area contributed by atoms with Gasteiger partial charge in [0.15, 0.2) is 0 Å². The third-order valence-corrected chi connectivity index (χ3v) is 0. The van der Waals surface area contributed by atoms with Crippen LogP contribution >= 0.6 is 0 Å². The summed E-state index contributed by atoms with van der Waals surface area (Å²) in [6.45, 7) is 0. The summed E-state index contributed by atoms with van der Waals surface area (Å²) in [7, 11) is 0. The van der Waals surface area contributed by atoms with Crippen molar-refractivity contribution in [1.29, 1.82) is 0 Å². The summed E-state index contributed by atoms with van der Waals surface area (Å²) in [4.78, 5) is 0. The molecule has 0 aliphatic heterocycles. The van der Waals surface area contributed by atoms with E-state index in [9.17, 15) is 0 Å². The summed E-state index contributed by atoms with van der Waals surface area (Å²) in [6, 6.07) is 0. The van der Waals surface area contributed by atoms with E-state index >= 15 is 0 Å². The molecule has 0 rings (SSSR count). The molecule has 0 radical (unpaired) electrons. The van der Waals surface area contributed by atoms with Crippen LogP contribution in [0, 0.1) is 0 Å². The van der Waals surface area contributed by atoms with E-state index in [1.807, 2.05) is 0 Å². The summed E-state index contributed by atoms with van der Waals surface area (Å²) >= 11 is 0. The summed E-state index contributed by atoms with van der Waals surface area (Å²) in [6.07, 6.45) is 0. The molecule has 0 aromatic rings. The Hall–Kier alpha value is 0.446. The van der Waals surface area contributed by atoms with Crippen molar-refractivity contribution in [3.8, 4) is 0 Å². The molecule has 9 heavy (non-hydrogen) atoms. The molecule has 68 valence electrons. The first-order valence-electron chi connectivity index (χ1n) is 0. The zero-order chi connectivity index (χ0) is 0. The first kappa shape index (κ1) is 3380. The second kappa shape index (κ2) is 2350. The third kappa shape index (κ3) is 1760. The average Bonchev–Trinajstić information content (AvgIpc) is 0. The second-order valence-corrected chi connectivity index (χ2v) is 0. The standard InChI is InChI=1S/Mg.8H2O.2H/h;8*1H2;;/q+2;;;;;;;;;2*-1. The fourth-order valence-corrected chi connectivity index (χ4v) is 0. The van der Waals surface area contributed by atoms with Crippen LogP contribution in [0.25, 0.3) is 0 Å². The van der Waals surface area contributed by atoms with Gasteiger partial charge in [-0.15, -0.1) is 0 Å². The summed E-state index contributed by atoms with van der Waals surface area (Å²) in [5.74, 6) is 0. The Morgan fingerprint density at radius 2 is 0.333 bits per heavy atom. The van der Waals surface area contributed by atoms with Crippen LogP contribution < -0.4 is 0 Å². The molecule has 0 amide bonds. The molecular weight excluding hydrogens is 152 g/mol. The normalized spacial score (nSPS) is 0. The van der Waals surface area contributed by atoms with Gasteiger partial charge in [0.2, 0.25) is 0 Å². The van der Waals surface area contributed by atoms with Crippen LogP contribution in [-0.4, -0.2) is 66.9 Å². The van der Waals surface area contributed by atoms with E-state index in [-0.39, 0.29) is 69.7 Å². The molecule has 16 N–H and O–H groups in total. The Morgan fingerprint density at radius 3 is 0.333 bits per heavy atom. The molecule has 8 nitrogen and oxygen atoms in total. The zero-order valence-corrected chi connectivity index (χ0v) is 6.12. The van der Waals surface area contributed by atoms with Gasteiger partial charge in [-0.2, -0.15) is 0 Å². The number of hydrogen-bond donors (Lipinski definition) is 0. The molecule has 0 aromatic heterocycles. The van der Waals surface area contributed by atoms with Crippen molar-refractivity contribution in [2.75, 3.05) is 0 Å². The van der Waals surface area contributed by atoms with Crippen molar-refractivity contribution in [3.05, 3.63) is 0 Å². The Labute approximate surface area is 70.5 Å². The third-order valence-electron chi connectivity index (χ3n) is 0. The van der Waals surface area contributed by atoms with Gasteiger partial charge in [0.1, 0.15) is 0 Å². The minimum atomic E-state index is 0. The molecule has 0 saturated heterocycles. The Kier molecular flexibility index (Phi) is 884000. The largest absolute Gasteiger partial charge is 2.00 e. The Morgan fingerprint density at radius 1 is 0.333 bits per heavy atom. The van der Waals surface area contributed by atoms with Gasteiger partial charge in [0.05, 0.1) is 0 Å². The quantitative estimate of drug-likeness (QED) is 0.307. The first-order valence-corrected chi connectivity index (χ1v) is 0. The predicted octanol–water partition coefficient (Wildman–Crippen LogP) is -6.75. The fraction of sp³-hybridized carbons (Fsp3) is 0. The van der Waals surface area contributed by atoms with E-state index < -0.39 is 0 Å². The van der Waals surface area contributed by atoms with Crippen molar-refractivity contribution in [2.45, 2.75) is 0 Å². The van der Waals surface area contributed by atoms with E-state index in [0.717, 1.165) is 0 Å². The van der Waals surface area contributed by atoms with Crippen LogP contribution in [0.2, 0.25) is 0 Å². The minimum absolute atomic E-state index is 0. The maximum absolute atomic E-state index is 0. The molecule has 0 fully saturated rings. The van der Waals surface area contributed by atoms with Crippen molar-refractivity contribution in [2.24, 2.45) is 0 Å². The zero-order valence-electron chi connectivity index (χ0n) is 6.71. The van der Waals surface area contributed by atoms with Crippen LogP contribution in [-0.2, 0) is 0 Å². The van der Waals surface area contributed by atoms with Gasteiger partial charge in [-0.1, -0.05) is 0 Å². The van der Waals surface area contributed by atoms with Crippen molar-refractivity contribution >= 4 is 23.1 Å². The van der Waals surface area contributed by atoms with Gasteiger partial charge in [-0.25, -0.2) is 0 Å². The van der Waals surface area contributed by atoms with Crippen LogP contribution in [0.1, 0.15) is 2.85 Å². The van der Waals surface area contributed by atoms with E-state index in [4.69, 9.17) is 0 Å². The molecule has 0 spiro atoms. The maximum Gasteiger partial charge on any atom is 2.00 e. The van der Waals surface area contributed by atoms with Gasteiger partial charge in [-0.3, -0.25) is 0 Å². The molecule has 0 aromatic carbocycles. The van der Waals surface area contributed by atoms with E-state index in [1.165, 1.54) is 0 Å². The smallest absolute Gasteiger partial charge is 1.00 e. The van der Waals surface area contributed by atoms with Gasteiger partial charge >= 0.3 is 23.1 Å². The van der Waals surface area contributed by atoms with Crippen LogP contribution in [0.4, 0.5) is 0 Å². The summed E-state index contributed by atoms with van der Waals surface area (Å²) < 4.78 is 0. The summed E-state index contributed by atoms with van der Waals surface area (Å²) in [5, 5.41) is 0. The van der Waals surface area contributed by atoms with Gasteiger partial charge in [0.25, 0.3) is 0 Å². The molecule has 0 bridgehead atoms. The number of hydrogen-bond acceptors (Lipinski definition) is 0. The molecule has 0 atom stereocenters. The van der Waals surface area contributed by atoms with E-state index in [0.29, 0.717) is 0 Å². The maximum atomic E-state index is 0. The second-order valence-electron chi connectivity index (χ2n) is 0. The van der Waals surface area contributed by atoms with Gasteiger partial charge in [-0.05, 0) is 0 Å². The van der Waals surface area contributed by atoms with Crippen LogP contribution in [0.5, 0.6) is 0 Å². The summed E-state index contributed by atoms with van der Waals surface area (Å²) in [5.41, 5.74) is 0. The molecule has 0 unspecified atom stereocenters. The molecule has 0 aliphatic carbocycles. The topological polar surface area (TPSA) is 252 Å². The number of rotatable bonds is 0. The van der Waals surface area contributed by atoms with Gasteiger partial charge in [0, 0.05) is 0 Å². The SMILES string of the molecule is O.O.O.O.O.O.O.O.[H-].[H-].[Mg+2]. The predicted molar refractivity (Wildman–Crippen MR) is 36.9 cm³/mol. The van der Waals surface area contributed by atoms with Crippen LogP contribution in [0.3, 0.4) is 0 Å². The van der Waals surface area contributed by atoms with Crippen LogP contribution in [0.15, 0.2) is 0 Å². The van der Waals surface area contributed by atoms with E-state index in [1.54, 1.807) is 0 Å². The molecular formula is H18MgO8. The van der Waals surface area contributed by atoms with Gasteiger partial charge < -0.3 is 46.7 Å². The average molecular weight is 170 g/mol. The molecule has 0 saturated carbocycles. The van der Waals surface area contributed by atoms with Crippen molar-refractivity contribution < 1.29 is 46.7 Å². The Balaban J connectivity index is 0. The Bertz CT molecular complexity index is 12.1. The minimum Gasteiger partial charge on any atom is -1.00 e. The fourth-order valence-electron chi connectivity index (χ4n) is 0. The molecule has 0 aliphatic rings. The first-order chi connectivity index (χ1) is 0. The molecule has 9 heteroatoms. The molecule has 0 heterocycles.